The first kappa shape index (κ1) is 17.5. The molecule has 2 heterocycles. The minimum atomic E-state index is -3.76. The maximum absolute atomic E-state index is 13.4. The fourth-order valence-corrected chi connectivity index (χ4v) is 7.31. The normalized spacial score (nSPS) is 28.9. The minimum Gasteiger partial charge on any atom is -0.379 e. The molecule has 1 aromatic rings. The van der Waals surface area contributed by atoms with E-state index in [0.717, 1.165) is 25.5 Å². The molecule has 1 spiro atoms. The fraction of sp³-hybridized carbons (Fsp3) is 0.647. The van der Waals surface area contributed by atoms with E-state index in [-0.39, 0.29) is 27.2 Å². The molecule has 3 fully saturated rings. The van der Waals surface area contributed by atoms with Crippen LogP contribution in [0.4, 0.5) is 0 Å². The molecule has 0 bridgehead atoms. The second kappa shape index (κ2) is 5.52. The van der Waals surface area contributed by atoms with Crippen LogP contribution in [0.25, 0.3) is 0 Å². The quantitative estimate of drug-likeness (QED) is 0.789. The number of sulfonamides is 1. The van der Waals surface area contributed by atoms with Gasteiger partial charge in [-0.3, -0.25) is 0 Å². The van der Waals surface area contributed by atoms with Gasteiger partial charge in [-0.25, -0.2) is 16.8 Å². The monoisotopic (exact) mass is 385 g/mol. The summed E-state index contributed by atoms with van der Waals surface area (Å²) in [7, 11) is -7.23. The Bertz CT molecular complexity index is 918. The van der Waals surface area contributed by atoms with Crippen molar-refractivity contribution in [3.63, 3.8) is 0 Å². The minimum absolute atomic E-state index is 0.0356. The molecule has 3 aliphatic rings. The van der Waals surface area contributed by atoms with Gasteiger partial charge in [0.05, 0.1) is 29.0 Å². The summed E-state index contributed by atoms with van der Waals surface area (Å²) in [6.07, 6.45) is 4.33. The highest BCUT2D eigenvalue weighted by Gasteiger charge is 2.60. The van der Waals surface area contributed by atoms with E-state index in [1.54, 1.807) is 17.3 Å². The zero-order valence-electron chi connectivity index (χ0n) is 14.4. The van der Waals surface area contributed by atoms with Gasteiger partial charge in [0.15, 0.2) is 9.84 Å². The maximum Gasteiger partial charge on any atom is 0.243 e. The molecule has 8 heteroatoms. The molecule has 1 aromatic carbocycles. The van der Waals surface area contributed by atoms with E-state index >= 15 is 0 Å². The Kier molecular flexibility index (Phi) is 3.85. The van der Waals surface area contributed by atoms with Gasteiger partial charge in [0.25, 0.3) is 0 Å². The highest BCUT2D eigenvalue weighted by molar-refractivity contribution is 7.91. The van der Waals surface area contributed by atoms with Crippen LogP contribution >= 0.6 is 0 Å². The van der Waals surface area contributed by atoms with E-state index in [0.29, 0.717) is 25.3 Å². The number of rotatable bonds is 3. The Balaban J connectivity index is 1.78. The van der Waals surface area contributed by atoms with Gasteiger partial charge in [-0.05, 0) is 42.9 Å². The molecule has 0 aromatic heterocycles. The maximum atomic E-state index is 13.4. The van der Waals surface area contributed by atoms with Gasteiger partial charge in [-0.1, -0.05) is 12.5 Å². The van der Waals surface area contributed by atoms with Crippen molar-refractivity contribution >= 4 is 19.9 Å². The number of benzene rings is 1. The molecule has 0 N–H and O–H groups in total. The second-order valence-electron chi connectivity index (χ2n) is 7.68. The van der Waals surface area contributed by atoms with Crippen molar-refractivity contribution in [2.75, 3.05) is 26.0 Å². The van der Waals surface area contributed by atoms with Gasteiger partial charge in [0.2, 0.25) is 10.0 Å². The lowest BCUT2D eigenvalue weighted by atomic mass is 9.62. The Labute approximate surface area is 149 Å². The largest absolute Gasteiger partial charge is 0.379 e. The number of fused-ring (bicyclic) bond motifs is 2. The van der Waals surface area contributed by atoms with Gasteiger partial charge in [0, 0.05) is 18.7 Å². The van der Waals surface area contributed by atoms with Crippen molar-refractivity contribution in [1.82, 2.24) is 4.31 Å². The number of ether oxygens (including phenoxy) is 1. The molecule has 25 heavy (non-hydrogen) atoms. The van der Waals surface area contributed by atoms with Crippen LogP contribution < -0.4 is 0 Å². The van der Waals surface area contributed by atoms with Crippen molar-refractivity contribution in [1.29, 1.82) is 0 Å². The van der Waals surface area contributed by atoms with E-state index < -0.39 is 19.9 Å². The number of hydrogen-bond donors (Lipinski definition) is 0. The lowest BCUT2D eigenvalue weighted by molar-refractivity contribution is 0.0601. The summed E-state index contributed by atoms with van der Waals surface area (Å²) >= 11 is 0. The van der Waals surface area contributed by atoms with Crippen LogP contribution in [-0.4, -0.2) is 53.2 Å². The first-order chi connectivity index (χ1) is 11.7. The zero-order valence-corrected chi connectivity index (χ0v) is 16.1. The summed E-state index contributed by atoms with van der Waals surface area (Å²) in [5, 5.41) is 0. The third-order valence-corrected chi connectivity index (χ3v) is 9.32. The molecular weight excluding hydrogens is 362 g/mol. The topological polar surface area (TPSA) is 80.8 Å². The Morgan fingerprint density at radius 1 is 1.16 bits per heavy atom. The molecule has 6 nitrogen and oxygen atoms in total. The summed E-state index contributed by atoms with van der Waals surface area (Å²) in [4.78, 5) is 0.130. The second-order valence-corrected chi connectivity index (χ2v) is 11.6. The molecule has 0 amide bonds. The number of nitrogens with zero attached hydrogens (tertiary/aromatic N) is 1. The molecule has 2 saturated heterocycles. The lowest BCUT2D eigenvalue weighted by Crippen LogP contribution is -2.40. The predicted octanol–water partition coefficient (Wildman–Crippen LogP) is 1.59. The molecule has 1 aliphatic carbocycles. The Morgan fingerprint density at radius 2 is 1.88 bits per heavy atom. The SMILES string of the molecule is Cc1ccc(S(C)(=O)=O)cc1S(=O)(=O)N1CC2(CCC2)C2COCC21. The van der Waals surface area contributed by atoms with E-state index in [1.807, 2.05) is 0 Å². The van der Waals surface area contributed by atoms with Gasteiger partial charge < -0.3 is 4.74 Å². The third-order valence-electron chi connectivity index (χ3n) is 6.20. The van der Waals surface area contributed by atoms with Crippen LogP contribution in [0.1, 0.15) is 24.8 Å². The predicted molar refractivity (Wildman–Crippen MR) is 92.6 cm³/mol. The third kappa shape index (κ3) is 2.57. The summed E-state index contributed by atoms with van der Waals surface area (Å²) in [5.74, 6) is 0.259. The van der Waals surface area contributed by atoms with Crippen LogP contribution in [0.3, 0.4) is 0 Å². The van der Waals surface area contributed by atoms with Gasteiger partial charge in [0.1, 0.15) is 0 Å². The first-order valence-corrected chi connectivity index (χ1v) is 11.9. The van der Waals surface area contributed by atoms with E-state index in [2.05, 4.69) is 0 Å². The molecule has 4 rings (SSSR count). The summed E-state index contributed by atoms with van der Waals surface area (Å²) in [6, 6.07) is 4.20. The number of sulfone groups is 1. The van der Waals surface area contributed by atoms with Crippen LogP contribution in [0.5, 0.6) is 0 Å². The standard InChI is InChI=1S/C17H23NO5S2/c1-12-4-5-13(24(2,19)20)8-16(12)25(21,22)18-11-17(6-3-7-17)14-9-23-10-15(14)18/h4-5,8,14-15H,3,6-7,9-11H2,1-2H3. The summed E-state index contributed by atoms with van der Waals surface area (Å²) in [6.45, 7) is 3.28. The first-order valence-electron chi connectivity index (χ1n) is 8.55. The van der Waals surface area contributed by atoms with Crippen molar-refractivity contribution < 1.29 is 21.6 Å². The average molecular weight is 386 g/mol. The van der Waals surface area contributed by atoms with Crippen LogP contribution in [0.2, 0.25) is 0 Å². The Morgan fingerprint density at radius 3 is 2.48 bits per heavy atom. The lowest BCUT2D eigenvalue weighted by Gasteiger charge is -2.42. The van der Waals surface area contributed by atoms with Gasteiger partial charge >= 0.3 is 0 Å². The smallest absolute Gasteiger partial charge is 0.243 e. The van der Waals surface area contributed by atoms with Crippen molar-refractivity contribution in [3.8, 4) is 0 Å². The fourth-order valence-electron chi connectivity index (χ4n) is 4.59. The summed E-state index contributed by atoms with van der Waals surface area (Å²) in [5.41, 5.74) is 0.619. The summed E-state index contributed by atoms with van der Waals surface area (Å²) < 4.78 is 57.7. The highest BCUT2D eigenvalue weighted by Crippen LogP contribution is 2.56. The van der Waals surface area contributed by atoms with Gasteiger partial charge in [-0.15, -0.1) is 0 Å². The number of aryl methyl sites for hydroxylation is 1. The Hall–Kier alpha value is -0.960. The van der Waals surface area contributed by atoms with Crippen molar-refractivity contribution in [3.05, 3.63) is 23.8 Å². The van der Waals surface area contributed by atoms with E-state index in [9.17, 15) is 16.8 Å². The molecule has 1 saturated carbocycles. The van der Waals surface area contributed by atoms with E-state index in [1.165, 1.54) is 12.1 Å². The van der Waals surface area contributed by atoms with Crippen LogP contribution in [0, 0.1) is 18.3 Å². The molecule has 0 radical (unpaired) electrons. The molecule has 2 atom stereocenters. The van der Waals surface area contributed by atoms with Crippen LogP contribution in [0.15, 0.2) is 28.0 Å². The molecule has 2 aliphatic heterocycles. The van der Waals surface area contributed by atoms with E-state index in [4.69, 9.17) is 4.74 Å². The van der Waals surface area contributed by atoms with Crippen molar-refractivity contribution in [2.45, 2.75) is 42.0 Å². The molecule has 2 unspecified atom stereocenters. The molecular formula is C17H23NO5S2. The van der Waals surface area contributed by atoms with Crippen molar-refractivity contribution in [2.24, 2.45) is 11.3 Å². The zero-order chi connectivity index (χ0) is 18.0. The highest BCUT2D eigenvalue weighted by atomic mass is 32.2. The molecule has 138 valence electrons. The number of hydrogen-bond acceptors (Lipinski definition) is 5. The average Bonchev–Trinajstić information content (AvgIpc) is 3.05. The van der Waals surface area contributed by atoms with Gasteiger partial charge in [-0.2, -0.15) is 4.31 Å². The van der Waals surface area contributed by atoms with Crippen LogP contribution in [-0.2, 0) is 24.6 Å².